The van der Waals surface area contributed by atoms with Crippen molar-refractivity contribution in [2.24, 2.45) is 4.99 Å². The van der Waals surface area contributed by atoms with Crippen molar-refractivity contribution < 1.29 is 32.2 Å². The van der Waals surface area contributed by atoms with E-state index in [-0.39, 0.29) is 30.6 Å². The van der Waals surface area contributed by atoms with Gasteiger partial charge >= 0.3 is 6.09 Å². The summed E-state index contributed by atoms with van der Waals surface area (Å²) < 4.78 is 43.8. The van der Waals surface area contributed by atoms with Crippen LogP contribution in [-0.2, 0) is 30.8 Å². The first kappa shape index (κ1) is 33.0. The molecule has 2 aromatic carbocycles. The molecule has 0 unspecified atom stereocenters. The van der Waals surface area contributed by atoms with Gasteiger partial charge in [-0.3, -0.25) is 14.7 Å². The van der Waals surface area contributed by atoms with Crippen LogP contribution in [0.2, 0.25) is 0 Å². The number of aliphatic imine (C=N–C) groups is 1. The summed E-state index contributed by atoms with van der Waals surface area (Å²) in [4.78, 5) is 33.0. The lowest BCUT2D eigenvalue weighted by Gasteiger charge is -2.25. The number of sulfonamides is 1. The zero-order valence-electron chi connectivity index (χ0n) is 25.8. The predicted molar refractivity (Wildman–Crippen MR) is 160 cm³/mol. The zero-order chi connectivity index (χ0) is 31.2. The molecule has 2 aromatic rings. The van der Waals surface area contributed by atoms with Gasteiger partial charge in [-0.05, 0) is 63.4 Å². The molecule has 0 saturated heterocycles. The molecule has 11 nitrogen and oxygen atoms in total. The Kier molecular flexibility index (Phi) is 10.7. The quantitative estimate of drug-likeness (QED) is 0.361. The third kappa shape index (κ3) is 8.30. The van der Waals surface area contributed by atoms with E-state index in [9.17, 15) is 18.0 Å². The lowest BCUT2D eigenvalue weighted by atomic mass is 10.1. The molecule has 3 rings (SSSR count). The molecule has 2 amide bonds. The van der Waals surface area contributed by atoms with E-state index < -0.39 is 21.7 Å². The van der Waals surface area contributed by atoms with E-state index in [1.54, 1.807) is 37.9 Å². The van der Waals surface area contributed by atoms with Crippen molar-refractivity contribution in [1.82, 2.24) is 14.1 Å². The van der Waals surface area contributed by atoms with Crippen molar-refractivity contribution in [2.75, 3.05) is 54.1 Å². The van der Waals surface area contributed by atoms with Crippen molar-refractivity contribution >= 4 is 27.9 Å². The number of methoxy groups -OCH3 is 1. The maximum atomic E-state index is 13.1. The van der Waals surface area contributed by atoms with Gasteiger partial charge in [0.1, 0.15) is 23.8 Å². The molecule has 0 bridgehead atoms. The van der Waals surface area contributed by atoms with Crippen molar-refractivity contribution in [1.29, 1.82) is 0 Å². The number of hydrogen-bond donors (Lipinski definition) is 0. The zero-order valence-corrected chi connectivity index (χ0v) is 26.6. The van der Waals surface area contributed by atoms with Crippen LogP contribution in [0.5, 0.6) is 5.75 Å². The molecule has 0 spiro atoms. The summed E-state index contributed by atoms with van der Waals surface area (Å²) in [5.74, 6) is 0.933. The molecule has 230 valence electrons. The number of carbonyl (C=O) groups is 2. The van der Waals surface area contributed by atoms with Crippen molar-refractivity contribution in [3.05, 3.63) is 58.7 Å². The van der Waals surface area contributed by atoms with E-state index in [1.165, 1.54) is 23.4 Å². The molecule has 0 aromatic heterocycles. The van der Waals surface area contributed by atoms with Gasteiger partial charge in [0.25, 0.3) is 0 Å². The summed E-state index contributed by atoms with van der Waals surface area (Å²) in [5.41, 5.74) is 2.28. The first-order chi connectivity index (χ1) is 19.6. The second-order valence-corrected chi connectivity index (χ2v) is 13.2. The highest BCUT2D eigenvalue weighted by atomic mass is 32.2. The smallest absolute Gasteiger partial charge is 0.416 e. The molecule has 0 fully saturated rings. The minimum atomic E-state index is -3.74. The molecule has 1 heterocycles. The van der Waals surface area contributed by atoms with Gasteiger partial charge < -0.3 is 19.1 Å². The lowest BCUT2D eigenvalue weighted by molar-refractivity contribution is -0.135. The fourth-order valence-electron chi connectivity index (χ4n) is 4.48. The molecular formula is C30H42N4O7S. The van der Waals surface area contributed by atoms with E-state index in [4.69, 9.17) is 14.2 Å². The van der Waals surface area contributed by atoms with Crippen LogP contribution in [0.15, 0.2) is 46.3 Å². The van der Waals surface area contributed by atoms with E-state index in [0.29, 0.717) is 42.3 Å². The Labute approximate surface area is 249 Å². The first-order valence-electron chi connectivity index (χ1n) is 13.7. The summed E-state index contributed by atoms with van der Waals surface area (Å²) in [6.07, 6.45) is -0.428. The Balaban J connectivity index is 1.49. The van der Waals surface area contributed by atoms with Gasteiger partial charge in [0.15, 0.2) is 0 Å². The standard InChI is InChI=1S/C30H42N4O7S/c1-21-17-25(39-8)18-22(2)27(21)42(37,38)33(7)15-16-40-20-26(35)32(6)19-23-9-11-24(12-10-23)28-31-13-14-34(28)29(36)41-30(3,4)5/h9-12,17-18H,13-16,19-20H2,1-8H3. The van der Waals surface area contributed by atoms with Gasteiger partial charge in [0.05, 0.1) is 31.7 Å². The Morgan fingerprint density at radius 3 is 2.24 bits per heavy atom. The third-order valence-corrected chi connectivity index (χ3v) is 8.79. The van der Waals surface area contributed by atoms with Crippen LogP contribution < -0.4 is 4.74 Å². The summed E-state index contributed by atoms with van der Waals surface area (Å²) in [7, 11) is 0.960. The van der Waals surface area contributed by atoms with Crippen LogP contribution in [0.3, 0.4) is 0 Å². The average Bonchev–Trinajstić information content (AvgIpc) is 3.40. The minimum Gasteiger partial charge on any atom is -0.497 e. The summed E-state index contributed by atoms with van der Waals surface area (Å²) in [6.45, 7) is 10.2. The molecule has 0 atom stereocenters. The van der Waals surface area contributed by atoms with Gasteiger partial charge in [-0.25, -0.2) is 13.2 Å². The average molecular weight is 603 g/mol. The van der Waals surface area contributed by atoms with E-state index in [0.717, 1.165) is 11.1 Å². The summed E-state index contributed by atoms with van der Waals surface area (Å²) in [5, 5.41) is 0. The Morgan fingerprint density at radius 1 is 1.05 bits per heavy atom. The Morgan fingerprint density at radius 2 is 1.67 bits per heavy atom. The van der Waals surface area contributed by atoms with Gasteiger partial charge in [-0.2, -0.15) is 4.31 Å². The number of rotatable bonds is 11. The van der Waals surface area contributed by atoms with Crippen LogP contribution in [0.25, 0.3) is 0 Å². The predicted octanol–water partition coefficient (Wildman–Crippen LogP) is 3.61. The van der Waals surface area contributed by atoms with Gasteiger partial charge in [0, 0.05) is 32.7 Å². The van der Waals surface area contributed by atoms with Crippen molar-refractivity contribution in [2.45, 2.75) is 51.7 Å². The van der Waals surface area contributed by atoms with Crippen molar-refractivity contribution in [3.8, 4) is 5.75 Å². The molecule has 0 saturated carbocycles. The monoisotopic (exact) mass is 602 g/mol. The molecule has 42 heavy (non-hydrogen) atoms. The van der Waals surface area contributed by atoms with Crippen LogP contribution in [-0.4, -0.2) is 100 Å². The topological polar surface area (TPSA) is 118 Å². The maximum Gasteiger partial charge on any atom is 0.416 e. The number of amidine groups is 1. The highest BCUT2D eigenvalue weighted by Crippen LogP contribution is 2.27. The second-order valence-electron chi connectivity index (χ2n) is 11.3. The Bertz CT molecular complexity index is 1390. The van der Waals surface area contributed by atoms with E-state index in [1.807, 2.05) is 45.0 Å². The van der Waals surface area contributed by atoms with Crippen LogP contribution in [0.4, 0.5) is 4.79 Å². The van der Waals surface area contributed by atoms with Gasteiger partial charge in [-0.15, -0.1) is 0 Å². The highest BCUT2D eigenvalue weighted by molar-refractivity contribution is 7.89. The summed E-state index contributed by atoms with van der Waals surface area (Å²) >= 11 is 0. The molecule has 0 radical (unpaired) electrons. The molecular weight excluding hydrogens is 560 g/mol. The van der Waals surface area contributed by atoms with Gasteiger partial charge in [0.2, 0.25) is 15.9 Å². The first-order valence-corrected chi connectivity index (χ1v) is 15.2. The number of ether oxygens (including phenoxy) is 3. The fourth-order valence-corrected chi connectivity index (χ4v) is 6.04. The molecule has 0 N–H and O–H groups in total. The van der Waals surface area contributed by atoms with Crippen LogP contribution >= 0.6 is 0 Å². The van der Waals surface area contributed by atoms with Crippen LogP contribution in [0.1, 0.15) is 43.0 Å². The fraction of sp³-hybridized carbons (Fsp3) is 0.500. The third-order valence-electron chi connectivity index (χ3n) is 6.63. The number of nitrogens with zero attached hydrogens (tertiary/aromatic N) is 4. The number of aryl methyl sites for hydroxylation is 2. The molecule has 1 aliphatic rings. The van der Waals surface area contributed by atoms with Crippen molar-refractivity contribution in [3.63, 3.8) is 0 Å². The van der Waals surface area contributed by atoms with E-state index >= 15 is 0 Å². The molecule has 0 aliphatic carbocycles. The highest BCUT2D eigenvalue weighted by Gasteiger charge is 2.29. The normalized spacial score (nSPS) is 13.7. The summed E-state index contributed by atoms with van der Waals surface area (Å²) in [6, 6.07) is 10.9. The van der Waals surface area contributed by atoms with Crippen LogP contribution in [0, 0.1) is 13.8 Å². The maximum absolute atomic E-state index is 13.1. The molecule has 1 aliphatic heterocycles. The minimum absolute atomic E-state index is 0.0640. The molecule has 12 heteroatoms. The SMILES string of the molecule is COc1cc(C)c(S(=O)(=O)N(C)CCOCC(=O)N(C)Cc2ccc(C3=NCCN3C(=O)OC(C)(C)C)cc2)c(C)c1. The number of benzene rings is 2. The second kappa shape index (κ2) is 13.7. The number of carbonyl (C=O) groups excluding carboxylic acids is 2. The number of likely N-dealkylation sites (N-methyl/N-ethyl adjacent to an activating group) is 2. The Hall–Kier alpha value is -3.48. The lowest BCUT2D eigenvalue weighted by Crippen LogP contribution is -2.39. The number of amides is 2. The van der Waals surface area contributed by atoms with E-state index in [2.05, 4.69) is 4.99 Å². The largest absolute Gasteiger partial charge is 0.497 e. The number of hydrogen-bond acceptors (Lipinski definition) is 8. The van der Waals surface area contributed by atoms with Gasteiger partial charge in [-0.1, -0.05) is 24.3 Å².